The number of aromatic nitrogens is 2. The van der Waals surface area contributed by atoms with Gasteiger partial charge in [0.05, 0.1) is 5.39 Å². The zero-order valence-electron chi connectivity index (χ0n) is 11.4. The van der Waals surface area contributed by atoms with Crippen LogP contribution in [0.25, 0.3) is 10.2 Å². The lowest BCUT2D eigenvalue weighted by atomic mass is 10.2. The lowest BCUT2D eigenvalue weighted by Gasteiger charge is -2.07. The minimum absolute atomic E-state index is 0.954. The highest BCUT2D eigenvalue weighted by atomic mass is 32.1. The van der Waals surface area contributed by atoms with Crippen LogP contribution in [0.2, 0.25) is 0 Å². The molecule has 0 aliphatic carbocycles. The van der Waals surface area contributed by atoms with Crippen LogP contribution in [0, 0.1) is 0 Å². The van der Waals surface area contributed by atoms with Crippen LogP contribution in [0.1, 0.15) is 44.3 Å². The first-order valence-electron chi connectivity index (χ1n) is 6.81. The summed E-state index contributed by atoms with van der Waals surface area (Å²) in [6, 6.07) is 2.23. The van der Waals surface area contributed by atoms with Crippen molar-refractivity contribution in [1.29, 1.82) is 0 Å². The van der Waals surface area contributed by atoms with Gasteiger partial charge in [0.2, 0.25) is 0 Å². The van der Waals surface area contributed by atoms with E-state index < -0.39 is 0 Å². The molecule has 0 unspecified atom stereocenters. The number of anilines is 1. The minimum atomic E-state index is 0.954. The second kappa shape index (κ2) is 6.14. The molecule has 0 saturated carbocycles. The molecule has 2 aromatic heterocycles. The van der Waals surface area contributed by atoms with Crippen LogP contribution in [-0.4, -0.2) is 16.5 Å². The summed E-state index contributed by atoms with van der Waals surface area (Å²) in [6.45, 7) is 7.49. The van der Waals surface area contributed by atoms with Crippen LogP contribution in [-0.2, 0) is 12.8 Å². The van der Waals surface area contributed by atoms with Crippen molar-refractivity contribution in [1.82, 2.24) is 9.97 Å². The summed E-state index contributed by atoms with van der Waals surface area (Å²) in [5.41, 5.74) is 0. The third-order valence-corrected chi connectivity index (χ3v) is 4.03. The van der Waals surface area contributed by atoms with Crippen LogP contribution >= 0.6 is 11.3 Å². The number of fused-ring (bicyclic) bond motifs is 1. The molecule has 0 saturated heterocycles. The Morgan fingerprint density at radius 1 is 1.17 bits per heavy atom. The van der Waals surface area contributed by atoms with Gasteiger partial charge in [0.25, 0.3) is 0 Å². The Morgan fingerprint density at radius 2 is 2.00 bits per heavy atom. The Hall–Kier alpha value is -1.16. The van der Waals surface area contributed by atoms with E-state index >= 15 is 0 Å². The maximum atomic E-state index is 4.67. The summed E-state index contributed by atoms with van der Waals surface area (Å²) < 4.78 is 0. The number of nitrogens with one attached hydrogen (secondary N) is 1. The van der Waals surface area contributed by atoms with Crippen LogP contribution in [0.4, 0.5) is 5.82 Å². The molecule has 0 amide bonds. The Kier molecular flexibility index (Phi) is 4.53. The first kappa shape index (κ1) is 13.3. The van der Waals surface area contributed by atoms with Gasteiger partial charge < -0.3 is 5.32 Å². The fraction of sp³-hybridized carbons (Fsp3) is 0.571. The molecule has 0 aliphatic rings. The smallest absolute Gasteiger partial charge is 0.138 e. The predicted octanol–water partition coefficient (Wildman–Crippen LogP) is 4.03. The molecular formula is C14H21N3S. The van der Waals surface area contributed by atoms with E-state index in [-0.39, 0.29) is 0 Å². The molecule has 3 nitrogen and oxygen atoms in total. The van der Waals surface area contributed by atoms with Crippen LogP contribution < -0.4 is 5.32 Å². The Bertz CT molecular complexity index is 519. The van der Waals surface area contributed by atoms with E-state index in [1.165, 1.54) is 10.3 Å². The van der Waals surface area contributed by atoms with E-state index in [4.69, 9.17) is 0 Å². The number of hydrogen-bond donors (Lipinski definition) is 1. The minimum Gasteiger partial charge on any atom is -0.369 e. The van der Waals surface area contributed by atoms with Gasteiger partial charge in [0.15, 0.2) is 0 Å². The normalized spacial score (nSPS) is 11.1. The maximum Gasteiger partial charge on any atom is 0.138 e. The molecule has 0 bridgehead atoms. The Balaban J connectivity index is 2.44. The number of aryl methyl sites for hydroxylation is 2. The van der Waals surface area contributed by atoms with Gasteiger partial charge in [-0.2, -0.15) is 0 Å². The number of thiophene rings is 1. The fourth-order valence-electron chi connectivity index (χ4n) is 1.90. The van der Waals surface area contributed by atoms with Gasteiger partial charge in [-0.3, -0.25) is 0 Å². The van der Waals surface area contributed by atoms with Crippen molar-refractivity contribution in [2.24, 2.45) is 0 Å². The third-order valence-electron chi connectivity index (χ3n) is 2.85. The third kappa shape index (κ3) is 2.80. The van der Waals surface area contributed by atoms with E-state index in [1.807, 2.05) is 0 Å². The lowest BCUT2D eigenvalue weighted by Crippen LogP contribution is -2.05. The average Bonchev–Trinajstić information content (AvgIpc) is 2.79. The largest absolute Gasteiger partial charge is 0.369 e. The highest BCUT2D eigenvalue weighted by Gasteiger charge is 2.10. The predicted molar refractivity (Wildman–Crippen MR) is 79.6 cm³/mol. The van der Waals surface area contributed by atoms with Crippen molar-refractivity contribution in [3.63, 3.8) is 0 Å². The summed E-state index contributed by atoms with van der Waals surface area (Å²) >= 11 is 1.79. The standard InChI is InChI=1S/C14H21N3S/c1-4-7-12-16-13(15-8-5-2)11-9-10(6-3)18-14(11)17-12/h9H,4-8H2,1-3H3,(H,15,16,17). The molecule has 0 atom stereocenters. The van der Waals surface area contributed by atoms with E-state index in [0.717, 1.165) is 48.7 Å². The molecule has 1 N–H and O–H groups in total. The zero-order chi connectivity index (χ0) is 13.0. The number of hydrogen-bond acceptors (Lipinski definition) is 4. The number of rotatable bonds is 6. The first-order valence-corrected chi connectivity index (χ1v) is 7.63. The Labute approximate surface area is 113 Å². The summed E-state index contributed by atoms with van der Waals surface area (Å²) in [5.74, 6) is 1.98. The van der Waals surface area contributed by atoms with Crippen molar-refractivity contribution in [2.45, 2.75) is 46.5 Å². The molecule has 2 aromatic rings. The molecule has 0 spiro atoms. The van der Waals surface area contributed by atoms with Crippen molar-refractivity contribution in [3.05, 3.63) is 16.8 Å². The molecule has 2 rings (SSSR count). The van der Waals surface area contributed by atoms with Gasteiger partial charge >= 0.3 is 0 Å². The van der Waals surface area contributed by atoms with Crippen molar-refractivity contribution >= 4 is 27.4 Å². The molecule has 98 valence electrons. The Morgan fingerprint density at radius 3 is 2.67 bits per heavy atom. The molecule has 0 fully saturated rings. The highest BCUT2D eigenvalue weighted by Crippen LogP contribution is 2.29. The van der Waals surface area contributed by atoms with Crippen molar-refractivity contribution in [2.75, 3.05) is 11.9 Å². The van der Waals surface area contributed by atoms with Gasteiger partial charge in [-0.1, -0.05) is 20.8 Å². The number of nitrogens with zero attached hydrogens (tertiary/aromatic N) is 2. The van der Waals surface area contributed by atoms with Crippen LogP contribution in [0.3, 0.4) is 0 Å². The second-order valence-corrected chi connectivity index (χ2v) is 5.57. The van der Waals surface area contributed by atoms with E-state index in [2.05, 4.69) is 42.1 Å². The summed E-state index contributed by atoms with van der Waals surface area (Å²) in [5, 5.41) is 4.61. The van der Waals surface area contributed by atoms with Gasteiger partial charge in [0, 0.05) is 17.8 Å². The molecular weight excluding hydrogens is 242 g/mol. The van der Waals surface area contributed by atoms with E-state index in [9.17, 15) is 0 Å². The molecule has 4 heteroatoms. The quantitative estimate of drug-likeness (QED) is 0.855. The monoisotopic (exact) mass is 263 g/mol. The summed E-state index contributed by atoms with van der Waals surface area (Å²) in [7, 11) is 0. The van der Waals surface area contributed by atoms with Crippen molar-refractivity contribution in [3.8, 4) is 0 Å². The van der Waals surface area contributed by atoms with Gasteiger partial charge in [-0.15, -0.1) is 11.3 Å². The van der Waals surface area contributed by atoms with Gasteiger partial charge in [-0.05, 0) is 25.3 Å². The second-order valence-electron chi connectivity index (χ2n) is 4.45. The van der Waals surface area contributed by atoms with Gasteiger partial charge in [0.1, 0.15) is 16.5 Å². The van der Waals surface area contributed by atoms with Crippen LogP contribution in [0.15, 0.2) is 6.07 Å². The van der Waals surface area contributed by atoms with Gasteiger partial charge in [-0.25, -0.2) is 9.97 Å². The topological polar surface area (TPSA) is 37.8 Å². The van der Waals surface area contributed by atoms with E-state index in [1.54, 1.807) is 11.3 Å². The summed E-state index contributed by atoms with van der Waals surface area (Å²) in [4.78, 5) is 11.8. The van der Waals surface area contributed by atoms with Crippen molar-refractivity contribution < 1.29 is 0 Å². The zero-order valence-corrected chi connectivity index (χ0v) is 12.2. The molecule has 2 heterocycles. The summed E-state index contributed by atoms with van der Waals surface area (Å²) in [6.07, 6.45) is 4.22. The average molecular weight is 263 g/mol. The van der Waals surface area contributed by atoms with Crippen LogP contribution in [0.5, 0.6) is 0 Å². The maximum absolute atomic E-state index is 4.67. The van der Waals surface area contributed by atoms with E-state index in [0.29, 0.717) is 0 Å². The lowest BCUT2D eigenvalue weighted by molar-refractivity contribution is 0.843. The molecule has 0 aromatic carbocycles. The fourth-order valence-corrected chi connectivity index (χ4v) is 2.89. The molecule has 0 aliphatic heterocycles. The first-order chi connectivity index (χ1) is 8.78. The molecule has 18 heavy (non-hydrogen) atoms. The highest BCUT2D eigenvalue weighted by molar-refractivity contribution is 7.18. The molecule has 0 radical (unpaired) electrons. The SMILES string of the molecule is CCCNc1nc(CCC)nc2sc(CC)cc12.